The van der Waals surface area contributed by atoms with Crippen LogP contribution >= 0.6 is 0 Å². The molecule has 2 unspecified atom stereocenters. The third-order valence-electron chi connectivity index (χ3n) is 3.62. The summed E-state index contributed by atoms with van der Waals surface area (Å²) >= 11 is 0. The first kappa shape index (κ1) is 11.8. The van der Waals surface area contributed by atoms with E-state index < -0.39 is 5.97 Å². The highest BCUT2D eigenvalue weighted by Crippen LogP contribution is 2.22. The van der Waals surface area contributed by atoms with Crippen LogP contribution < -0.4 is 10.6 Å². The zero-order chi connectivity index (χ0) is 11.6. The largest absolute Gasteiger partial charge is 0.481 e. The molecule has 2 saturated heterocycles. The number of aliphatic carboxylic acids is 1. The van der Waals surface area contributed by atoms with Gasteiger partial charge in [-0.05, 0) is 19.3 Å². The summed E-state index contributed by atoms with van der Waals surface area (Å²) in [6, 6.07) is 0.323. The van der Waals surface area contributed by atoms with Crippen molar-refractivity contribution in [2.75, 3.05) is 26.3 Å². The van der Waals surface area contributed by atoms with Gasteiger partial charge in [0.05, 0.1) is 18.6 Å². The van der Waals surface area contributed by atoms with Crippen molar-refractivity contribution >= 4 is 5.97 Å². The van der Waals surface area contributed by atoms with Gasteiger partial charge in [-0.2, -0.15) is 0 Å². The molecule has 0 spiro atoms. The van der Waals surface area contributed by atoms with Crippen LogP contribution in [0.25, 0.3) is 0 Å². The molecule has 5 heteroatoms. The first-order chi connectivity index (χ1) is 7.61. The molecule has 0 aromatic carbocycles. The molecule has 2 rings (SSSR count). The molecule has 2 fully saturated rings. The van der Waals surface area contributed by atoms with E-state index in [0.717, 1.165) is 32.7 Å². The summed E-state index contributed by atoms with van der Waals surface area (Å²) < 4.78 is 5.35. The Morgan fingerprint density at radius 2 is 2.44 bits per heavy atom. The van der Waals surface area contributed by atoms with Crippen LogP contribution in [0.2, 0.25) is 0 Å². The summed E-state index contributed by atoms with van der Waals surface area (Å²) in [5, 5.41) is 15.5. The van der Waals surface area contributed by atoms with Gasteiger partial charge in [-0.1, -0.05) is 0 Å². The van der Waals surface area contributed by atoms with Gasteiger partial charge in [0.15, 0.2) is 0 Å². The van der Waals surface area contributed by atoms with Crippen molar-refractivity contribution < 1.29 is 14.6 Å². The summed E-state index contributed by atoms with van der Waals surface area (Å²) in [5.74, 6) is -0.213. The monoisotopic (exact) mass is 228 g/mol. The molecule has 0 aliphatic carbocycles. The summed E-state index contributed by atoms with van der Waals surface area (Å²) in [7, 11) is 0. The Hall–Kier alpha value is -0.650. The number of hydrogen-bond donors (Lipinski definition) is 3. The number of ether oxygens (including phenoxy) is 1. The summed E-state index contributed by atoms with van der Waals surface area (Å²) in [5.41, 5.74) is -0.242. The summed E-state index contributed by atoms with van der Waals surface area (Å²) in [6.45, 7) is 5.25. The minimum atomic E-state index is -0.733. The van der Waals surface area contributed by atoms with Gasteiger partial charge in [0.1, 0.15) is 0 Å². The second kappa shape index (κ2) is 4.69. The topological polar surface area (TPSA) is 70.6 Å². The van der Waals surface area contributed by atoms with Crippen LogP contribution in [0.15, 0.2) is 0 Å². The fourth-order valence-corrected chi connectivity index (χ4v) is 2.54. The molecule has 3 N–H and O–H groups in total. The van der Waals surface area contributed by atoms with Gasteiger partial charge in [0, 0.05) is 25.7 Å². The fourth-order valence-electron chi connectivity index (χ4n) is 2.54. The Morgan fingerprint density at radius 3 is 2.88 bits per heavy atom. The van der Waals surface area contributed by atoms with Crippen molar-refractivity contribution in [2.24, 2.45) is 5.92 Å². The molecular weight excluding hydrogens is 208 g/mol. The third kappa shape index (κ3) is 2.53. The minimum absolute atomic E-state index is 0.192. The lowest BCUT2D eigenvalue weighted by Gasteiger charge is -2.45. The second-order valence-electron chi connectivity index (χ2n) is 5.01. The lowest BCUT2D eigenvalue weighted by atomic mass is 9.86. The number of rotatable bonds is 5. The molecule has 16 heavy (non-hydrogen) atoms. The van der Waals surface area contributed by atoms with Crippen molar-refractivity contribution in [1.82, 2.24) is 10.6 Å². The highest BCUT2D eigenvalue weighted by atomic mass is 16.5. The van der Waals surface area contributed by atoms with Crippen molar-refractivity contribution in [3.05, 3.63) is 0 Å². The predicted octanol–water partition coefficient (Wildman–Crippen LogP) is -0.182. The predicted molar refractivity (Wildman–Crippen MR) is 59.4 cm³/mol. The first-order valence-corrected chi connectivity index (χ1v) is 5.89. The molecule has 5 nitrogen and oxygen atoms in total. The third-order valence-corrected chi connectivity index (χ3v) is 3.62. The van der Waals surface area contributed by atoms with Crippen LogP contribution in [0.5, 0.6) is 0 Å². The number of carboxylic acid groups (broad SMARTS) is 1. The van der Waals surface area contributed by atoms with Gasteiger partial charge in [-0.3, -0.25) is 4.79 Å². The van der Waals surface area contributed by atoms with Gasteiger partial charge < -0.3 is 20.5 Å². The summed E-state index contributed by atoms with van der Waals surface area (Å²) in [6.07, 6.45) is 1.27. The fraction of sp³-hybridized carbons (Fsp3) is 0.909. The van der Waals surface area contributed by atoms with E-state index in [1.54, 1.807) is 0 Å². The van der Waals surface area contributed by atoms with Gasteiger partial charge in [0.2, 0.25) is 0 Å². The number of carbonyl (C=O) groups is 1. The Balaban J connectivity index is 1.87. The highest BCUT2D eigenvalue weighted by molar-refractivity contribution is 5.68. The van der Waals surface area contributed by atoms with Crippen molar-refractivity contribution in [1.29, 1.82) is 0 Å². The molecular formula is C11H20N2O3. The van der Waals surface area contributed by atoms with E-state index in [0.29, 0.717) is 12.0 Å². The van der Waals surface area contributed by atoms with E-state index in [-0.39, 0.29) is 12.0 Å². The maximum absolute atomic E-state index is 10.8. The maximum atomic E-state index is 10.8. The molecule has 0 saturated carbocycles. The lowest BCUT2D eigenvalue weighted by Crippen LogP contribution is -2.70. The van der Waals surface area contributed by atoms with Crippen LogP contribution in [0.1, 0.15) is 19.8 Å². The zero-order valence-corrected chi connectivity index (χ0v) is 9.66. The van der Waals surface area contributed by atoms with Crippen molar-refractivity contribution in [2.45, 2.75) is 31.3 Å². The van der Waals surface area contributed by atoms with Crippen LogP contribution in [-0.4, -0.2) is 49.0 Å². The van der Waals surface area contributed by atoms with Crippen LogP contribution in [-0.2, 0) is 9.53 Å². The standard InChI is InChI=1S/C11H20N2O3/c1-8(9-2-3-16-5-9)13-11(4-10(14)15)6-12-7-11/h8-9,12-13H,2-7H2,1H3,(H,14,15). The lowest BCUT2D eigenvalue weighted by molar-refractivity contribution is -0.139. The van der Waals surface area contributed by atoms with E-state index in [1.807, 2.05) is 0 Å². The molecule has 0 radical (unpaired) electrons. The molecule has 2 aliphatic heterocycles. The quantitative estimate of drug-likeness (QED) is 0.609. The smallest absolute Gasteiger partial charge is 0.305 e. The normalized spacial score (nSPS) is 29.7. The highest BCUT2D eigenvalue weighted by Gasteiger charge is 2.41. The average Bonchev–Trinajstić information content (AvgIpc) is 2.66. The molecule has 0 amide bonds. The SMILES string of the molecule is CC(NC1(CC(=O)O)CNC1)C1CCOC1. The van der Waals surface area contributed by atoms with E-state index in [9.17, 15) is 4.79 Å². The van der Waals surface area contributed by atoms with Gasteiger partial charge >= 0.3 is 5.97 Å². The average molecular weight is 228 g/mol. The summed E-state index contributed by atoms with van der Waals surface area (Å²) in [4.78, 5) is 10.8. The van der Waals surface area contributed by atoms with Gasteiger partial charge in [-0.15, -0.1) is 0 Å². The minimum Gasteiger partial charge on any atom is -0.481 e. The van der Waals surface area contributed by atoms with E-state index in [4.69, 9.17) is 9.84 Å². The van der Waals surface area contributed by atoms with Gasteiger partial charge in [0.25, 0.3) is 0 Å². The van der Waals surface area contributed by atoms with Crippen molar-refractivity contribution in [3.63, 3.8) is 0 Å². The molecule has 2 heterocycles. The molecule has 0 aromatic rings. The number of carboxylic acids is 1. The maximum Gasteiger partial charge on any atom is 0.305 e. The van der Waals surface area contributed by atoms with Crippen molar-refractivity contribution in [3.8, 4) is 0 Å². The number of nitrogens with one attached hydrogen (secondary N) is 2. The van der Waals surface area contributed by atoms with E-state index in [2.05, 4.69) is 17.6 Å². The van der Waals surface area contributed by atoms with Gasteiger partial charge in [-0.25, -0.2) is 0 Å². The van der Waals surface area contributed by atoms with Crippen LogP contribution in [0, 0.1) is 5.92 Å². The van der Waals surface area contributed by atoms with Crippen LogP contribution in [0.4, 0.5) is 0 Å². The molecule has 92 valence electrons. The zero-order valence-electron chi connectivity index (χ0n) is 9.66. The second-order valence-corrected chi connectivity index (χ2v) is 5.01. The Morgan fingerprint density at radius 1 is 1.69 bits per heavy atom. The van der Waals surface area contributed by atoms with Crippen LogP contribution in [0.3, 0.4) is 0 Å². The Labute approximate surface area is 95.5 Å². The first-order valence-electron chi connectivity index (χ1n) is 5.89. The molecule has 0 bridgehead atoms. The molecule has 2 atom stereocenters. The number of hydrogen-bond acceptors (Lipinski definition) is 4. The molecule has 2 aliphatic rings. The Kier molecular flexibility index (Phi) is 3.47. The molecule has 0 aromatic heterocycles. The van der Waals surface area contributed by atoms with E-state index in [1.165, 1.54) is 0 Å². The van der Waals surface area contributed by atoms with E-state index >= 15 is 0 Å². The Bertz CT molecular complexity index is 260.